The number of pyridine rings is 1. The van der Waals surface area contributed by atoms with E-state index < -0.39 is 0 Å². The Hall–Kier alpha value is -2.41. The predicted molar refractivity (Wildman–Crippen MR) is 105 cm³/mol. The molecular weight excluding hydrogens is 342 g/mol. The monoisotopic (exact) mass is 371 g/mol. The van der Waals surface area contributed by atoms with Gasteiger partial charge in [-0.25, -0.2) is 4.98 Å². The molecule has 0 atom stereocenters. The Morgan fingerprint density at radius 1 is 1.33 bits per heavy atom. The fourth-order valence-corrected chi connectivity index (χ4v) is 3.44. The molecule has 1 amide bonds. The van der Waals surface area contributed by atoms with Gasteiger partial charge in [0.05, 0.1) is 12.2 Å². The maximum atomic E-state index is 12.7. The zero-order valence-corrected chi connectivity index (χ0v) is 16.3. The summed E-state index contributed by atoms with van der Waals surface area (Å²) in [6, 6.07) is 5.73. The van der Waals surface area contributed by atoms with Crippen LogP contribution in [-0.2, 0) is 11.3 Å². The number of carbonyl (C=O) groups is 1. The number of aromatic nitrogens is 3. The highest BCUT2D eigenvalue weighted by molar-refractivity contribution is 5.94. The molecule has 0 radical (unpaired) electrons. The van der Waals surface area contributed by atoms with Crippen LogP contribution in [0.15, 0.2) is 36.8 Å². The summed E-state index contributed by atoms with van der Waals surface area (Å²) in [5.41, 5.74) is 0.661. The summed E-state index contributed by atoms with van der Waals surface area (Å²) >= 11 is 0. The summed E-state index contributed by atoms with van der Waals surface area (Å²) in [5, 5.41) is 4.25. The lowest BCUT2D eigenvalue weighted by molar-refractivity contribution is 0.0684. The summed E-state index contributed by atoms with van der Waals surface area (Å²) < 4.78 is 7.07. The van der Waals surface area contributed by atoms with Gasteiger partial charge in [0.2, 0.25) is 0 Å². The molecule has 0 N–H and O–H groups in total. The molecule has 7 nitrogen and oxygen atoms in total. The van der Waals surface area contributed by atoms with Crippen molar-refractivity contribution in [3.63, 3.8) is 0 Å². The van der Waals surface area contributed by atoms with Crippen LogP contribution in [0, 0.1) is 5.92 Å². The maximum absolute atomic E-state index is 12.7. The number of hydrogen-bond donors (Lipinski definition) is 0. The number of anilines is 1. The third-order valence-electron chi connectivity index (χ3n) is 5.24. The van der Waals surface area contributed by atoms with Gasteiger partial charge in [-0.3, -0.25) is 9.48 Å². The van der Waals surface area contributed by atoms with Crippen molar-refractivity contribution in [2.75, 3.05) is 45.3 Å². The molecule has 1 saturated heterocycles. The second-order valence-corrected chi connectivity index (χ2v) is 7.11. The molecule has 3 rings (SSSR count). The fourth-order valence-electron chi connectivity index (χ4n) is 3.44. The van der Waals surface area contributed by atoms with Crippen LogP contribution in [0.4, 0.5) is 5.82 Å². The summed E-state index contributed by atoms with van der Waals surface area (Å²) in [6.07, 6.45) is 8.73. The van der Waals surface area contributed by atoms with Crippen LogP contribution in [-0.4, -0.2) is 66.0 Å². The number of aryl methyl sites for hydroxylation is 1. The predicted octanol–water partition coefficient (Wildman–Crippen LogP) is 2.30. The molecule has 2 aromatic heterocycles. The Kier molecular flexibility index (Phi) is 6.81. The maximum Gasteiger partial charge on any atom is 0.255 e. The van der Waals surface area contributed by atoms with E-state index >= 15 is 0 Å². The van der Waals surface area contributed by atoms with Crippen molar-refractivity contribution in [2.45, 2.75) is 25.8 Å². The highest BCUT2D eigenvalue weighted by Gasteiger charge is 2.23. The van der Waals surface area contributed by atoms with Gasteiger partial charge in [-0.1, -0.05) is 0 Å². The van der Waals surface area contributed by atoms with Crippen LogP contribution < -0.4 is 4.90 Å². The van der Waals surface area contributed by atoms with Crippen molar-refractivity contribution in [3.05, 3.63) is 42.4 Å². The number of amides is 1. The molecule has 1 fully saturated rings. The smallest absolute Gasteiger partial charge is 0.255 e. The highest BCUT2D eigenvalue weighted by Crippen LogP contribution is 2.22. The molecule has 0 aromatic carbocycles. The van der Waals surface area contributed by atoms with Gasteiger partial charge in [-0.2, -0.15) is 5.10 Å². The van der Waals surface area contributed by atoms with E-state index in [1.54, 1.807) is 13.3 Å². The number of methoxy groups -OCH3 is 1. The van der Waals surface area contributed by atoms with Gasteiger partial charge in [-0.15, -0.1) is 0 Å². The van der Waals surface area contributed by atoms with Crippen LogP contribution in [0.1, 0.15) is 29.6 Å². The third kappa shape index (κ3) is 5.29. The van der Waals surface area contributed by atoms with Gasteiger partial charge in [0.1, 0.15) is 5.82 Å². The number of rotatable bonds is 8. The van der Waals surface area contributed by atoms with E-state index in [9.17, 15) is 4.79 Å². The SMILES string of the molecule is COCCN(C)c1ccc(C(=O)N2CCC(CCn3cccn3)CC2)cn1. The highest BCUT2D eigenvalue weighted by atomic mass is 16.5. The van der Waals surface area contributed by atoms with E-state index in [0.717, 1.165) is 51.3 Å². The number of likely N-dealkylation sites (tertiary alicyclic amines) is 1. The number of hydrogen-bond acceptors (Lipinski definition) is 5. The van der Waals surface area contributed by atoms with Crippen molar-refractivity contribution in [3.8, 4) is 0 Å². The van der Waals surface area contributed by atoms with Crippen LogP contribution in [0.5, 0.6) is 0 Å². The van der Waals surface area contributed by atoms with Crippen molar-refractivity contribution < 1.29 is 9.53 Å². The van der Waals surface area contributed by atoms with E-state index in [-0.39, 0.29) is 5.91 Å². The number of ether oxygens (including phenoxy) is 1. The molecule has 0 bridgehead atoms. The Labute approximate surface area is 160 Å². The quantitative estimate of drug-likeness (QED) is 0.712. The minimum Gasteiger partial charge on any atom is -0.383 e. The lowest BCUT2D eigenvalue weighted by atomic mass is 9.93. The van der Waals surface area contributed by atoms with Gasteiger partial charge in [0, 0.05) is 58.9 Å². The molecule has 0 saturated carbocycles. The molecule has 0 unspecified atom stereocenters. The molecule has 1 aliphatic heterocycles. The second-order valence-electron chi connectivity index (χ2n) is 7.11. The number of nitrogens with zero attached hydrogens (tertiary/aromatic N) is 5. The topological polar surface area (TPSA) is 63.5 Å². The summed E-state index contributed by atoms with van der Waals surface area (Å²) in [5.74, 6) is 1.59. The van der Waals surface area contributed by atoms with Crippen molar-refractivity contribution in [1.29, 1.82) is 0 Å². The zero-order chi connectivity index (χ0) is 19.1. The average Bonchev–Trinajstić information content (AvgIpc) is 3.24. The first kappa shape index (κ1) is 19.4. The van der Waals surface area contributed by atoms with Crippen molar-refractivity contribution in [1.82, 2.24) is 19.7 Å². The van der Waals surface area contributed by atoms with Gasteiger partial charge >= 0.3 is 0 Å². The largest absolute Gasteiger partial charge is 0.383 e. The van der Waals surface area contributed by atoms with E-state index in [1.165, 1.54) is 0 Å². The molecule has 1 aliphatic rings. The van der Waals surface area contributed by atoms with Crippen molar-refractivity contribution >= 4 is 11.7 Å². The van der Waals surface area contributed by atoms with Crippen molar-refractivity contribution in [2.24, 2.45) is 5.92 Å². The Morgan fingerprint density at radius 3 is 2.78 bits per heavy atom. The minimum absolute atomic E-state index is 0.0825. The fraction of sp³-hybridized carbons (Fsp3) is 0.550. The van der Waals surface area contributed by atoms with Crippen LogP contribution in [0.25, 0.3) is 0 Å². The third-order valence-corrected chi connectivity index (χ3v) is 5.24. The molecular formula is C20H29N5O2. The lowest BCUT2D eigenvalue weighted by Gasteiger charge is -2.32. The molecule has 146 valence electrons. The normalized spacial score (nSPS) is 15.1. The van der Waals surface area contributed by atoms with E-state index in [4.69, 9.17) is 4.74 Å². The van der Waals surface area contributed by atoms with Gasteiger partial charge < -0.3 is 14.5 Å². The Balaban J connectivity index is 1.47. The Morgan fingerprint density at radius 2 is 2.15 bits per heavy atom. The van der Waals surface area contributed by atoms with Crippen LogP contribution in [0.2, 0.25) is 0 Å². The lowest BCUT2D eigenvalue weighted by Crippen LogP contribution is -2.38. The first-order chi connectivity index (χ1) is 13.2. The molecule has 27 heavy (non-hydrogen) atoms. The number of piperidine rings is 1. The van der Waals surface area contributed by atoms with Crippen LogP contribution >= 0.6 is 0 Å². The minimum atomic E-state index is 0.0825. The van der Waals surface area contributed by atoms with E-state index in [1.807, 2.05) is 52.1 Å². The first-order valence-corrected chi connectivity index (χ1v) is 9.60. The Bertz CT molecular complexity index is 694. The molecule has 2 aromatic rings. The number of carbonyl (C=O) groups excluding carboxylic acids is 1. The summed E-state index contributed by atoms with van der Waals surface area (Å²) in [7, 11) is 3.65. The molecule has 0 spiro atoms. The standard InChI is InChI=1S/C20H29N5O2/c1-23(14-15-27-2)19-5-4-18(16-21-19)20(26)24-11-6-17(7-12-24)8-13-25-10-3-9-22-25/h3-5,9-10,16-17H,6-8,11-15H2,1-2H3. The summed E-state index contributed by atoms with van der Waals surface area (Å²) in [6.45, 7) is 4.00. The summed E-state index contributed by atoms with van der Waals surface area (Å²) in [4.78, 5) is 21.1. The van der Waals surface area contributed by atoms with E-state index in [2.05, 4.69) is 10.1 Å². The van der Waals surface area contributed by atoms with Gasteiger partial charge in [0.15, 0.2) is 0 Å². The number of likely N-dealkylation sites (N-methyl/N-ethyl adjacent to an activating group) is 1. The molecule has 3 heterocycles. The first-order valence-electron chi connectivity index (χ1n) is 9.60. The van der Waals surface area contributed by atoms with Gasteiger partial charge in [0.25, 0.3) is 5.91 Å². The van der Waals surface area contributed by atoms with E-state index in [0.29, 0.717) is 18.1 Å². The van der Waals surface area contributed by atoms with Gasteiger partial charge in [-0.05, 0) is 43.4 Å². The second kappa shape index (κ2) is 9.50. The average molecular weight is 371 g/mol. The zero-order valence-electron chi connectivity index (χ0n) is 16.3. The van der Waals surface area contributed by atoms with Crippen LogP contribution in [0.3, 0.4) is 0 Å². The molecule has 7 heteroatoms. The molecule has 0 aliphatic carbocycles.